The van der Waals surface area contributed by atoms with Crippen molar-refractivity contribution in [1.29, 1.82) is 0 Å². The Bertz CT molecular complexity index is 484. The third-order valence-corrected chi connectivity index (χ3v) is 4.78. The summed E-state index contributed by atoms with van der Waals surface area (Å²) in [5.74, 6) is -0.224. The molecule has 1 aromatic carbocycles. The second-order valence-corrected chi connectivity index (χ2v) is 7.41. The molecule has 0 unspecified atom stereocenters. The highest BCUT2D eigenvalue weighted by molar-refractivity contribution is 5.89. The molecule has 0 fully saturated rings. The van der Waals surface area contributed by atoms with Crippen LogP contribution in [0.15, 0.2) is 18.2 Å². The molecule has 0 spiro atoms. The maximum Gasteiger partial charge on any atom is 0.338 e. The van der Waals surface area contributed by atoms with Crippen molar-refractivity contribution in [1.82, 2.24) is 0 Å². The first kappa shape index (κ1) is 23.7. The van der Waals surface area contributed by atoms with Gasteiger partial charge in [0.1, 0.15) is 6.61 Å². The molecule has 0 aliphatic rings. The van der Waals surface area contributed by atoms with Crippen molar-refractivity contribution < 1.29 is 14.3 Å². The molecule has 0 aliphatic carbocycles. The highest BCUT2D eigenvalue weighted by Gasteiger charge is 2.10. The van der Waals surface area contributed by atoms with E-state index in [0.717, 1.165) is 51.6 Å². The molecule has 0 aliphatic heterocycles. The average molecular weight is 377 g/mol. The van der Waals surface area contributed by atoms with E-state index in [1.165, 1.54) is 36.8 Å². The van der Waals surface area contributed by atoms with Crippen molar-refractivity contribution in [3.8, 4) is 0 Å². The fraction of sp³-hybridized carbons (Fsp3) is 0.708. The lowest BCUT2D eigenvalue weighted by molar-refractivity contribution is 0.0312. The first-order chi connectivity index (χ1) is 13.2. The molecule has 3 nitrogen and oxygen atoms in total. The predicted molar refractivity (Wildman–Crippen MR) is 114 cm³/mol. The highest BCUT2D eigenvalue weighted by atomic mass is 16.6. The molecule has 0 saturated heterocycles. The number of rotatable bonds is 16. The Morgan fingerprint density at radius 1 is 0.704 bits per heavy atom. The van der Waals surface area contributed by atoms with Crippen LogP contribution in [0.1, 0.15) is 100 Å². The minimum absolute atomic E-state index is 0.224. The molecule has 27 heavy (non-hydrogen) atoms. The van der Waals surface area contributed by atoms with Crippen molar-refractivity contribution in [2.24, 2.45) is 0 Å². The summed E-state index contributed by atoms with van der Waals surface area (Å²) < 4.78 is 11.0. The third kappa shape index (κ3) is 11.2. The van der Waals surface area contributed by atoms with Crippen molar-refractivity contribution in [2.45, 2.75) is 91.4 Å². The summed E-state index contributed by atoms with van der Waals surface area (Å²) in [5.41, 5.74) is 3.19. The van der Waals surface area contributed by atoms with Gasteiger partial charge in [0, 0.05) is 6.61 Å². The standard InChI is InChI=1S/C24H40O3/c1-4-7-10-11-12-15-26-16-17-27-24(25)23-19-21(13-8-5-2)18-22(20-23)14-9-6-3/h18-20H,4-17H2,1-3H3. The molecule has 0 aromatic heterocycles. The van der Waals surface area contributed by atoms with Gasteiger partial charge in [-0.15, -0.1) is 0 Å². The Labute approximate surface area is 166 Å². The van der Waals surface area contributed by atoms with Crippen molar-refractivity contribution in [3.63, 3.8) is 0 Å². The largest absolute Gasteiger partial charge is 0.460 e. The van der Waals surface area contributed by atoms with Crippen LogP contribution < -0.4 is 0 Å². The van der Waals surface area contributed by atoms with Crippen LogP contribution in [0.2, 0.25) is 0 Å². The maximum absolute atomic E-state index is 12.4. The SMILES string of the molecule is CCCCCCCOCCOC(=O)c1cc(CCCC)cc(CCCC)c1. The molecule has 1 rings (SSSR count). The molecular weight excluding hydrogens is 336 g/mol. The maximum atomic E-state index is 12.4. The number of carbonyl (C=O) groups excluding carboxylic acids is 1. The van der Waals surface area contributed by atoms with Crippen LogP contribution in [0.3, 0.4) is 0 Å². The fourth-order valence-corrected chi connectivity index (χ4v) is 3.12. The molecule has 0 N–H and O–H groups in total. The van der Waals surface area contributed by atoms with Crippen LogP contribution in [0.5, 0.6) is 0 Å². The van der Waals surface area contributed by atoms with Crippen LogP contribution in [0, 0.1) is 0 Å². The van der Waals surface area contributed by atoms with E-state index in [1.54, 1.807) is 0 Å². The van der Waals surface area contributed by atoms with E-state index in [0.29, 0.717) is 18.8 Å². The number of aryl methyl sites for hydroxylation is 2. The van der Waals surface area contributed by atoms with Gasteiger partial charge in [-0.1, -0.05) is 65.4 Å². The van der Waals surface area contributed by atoms with E-state index in [4.69, 9.17) is 9.47 Å². The van der Waals surface area contributed by atoms with Crippen molar-refractivity contribution >= 4 is 5.97 Å². The third-order valence-electron chi connectivity index (χ3n) is 4.78. The predicted octanol–water partition coefficient (Wildman–Crippen LogP) is 6.52. The molecule has 0 saturated carbocycles. The van der Waals surface area contributed by atoms with Crippen LogP contribution in [0.4, 0.5) is 0 Å². The number of hydrogen-bond donors (Lipinski definition) is 0. The van der Waals surface area contributed by atoms with Gasteiger partial charge >= 0.3 is 5.97 Å². The summed E-state index contributed by atoms with van der Waals surface area (Å²) in [6.45, 7) is 8.18. The second-order valence-electron chi connectivity index (χ2n) is 7.41. The van der Waals surface area contributed by atoms with Gasteiger partial charge < -0.3 is 9.47 Å². The molecule has 3 heteroatoms. The molecule has 0 radical (unpaired) electrons. The topological polar surface area (TPSA) is 35.5 Å². The summed E-state index contributed by atoms with van der Waals surface area (Å²) >= 11 is 0. The zero-order valence-electron chi connectivity index (χ0n) is 17.9. The minimum atomic E-state index is -0.224. The fourth-order valence-electron chi connectivity index (χ4n) is 3.12. The van der Waals surface area contributed by atoms with Gasteiger partial charge in [0.05, 0.1) is 12.2 Å². The number of benzene rings is 1. The van der Waals surface area contributed by atoms with Crippen LogP contribution in [-0.4, -0.2) is 25.8 Å². The van der Waals surface area contributed by atoms with Gasteiger partial charge in [0.25, 0.3) is 0 Å². The monoisotopic (exact) mass is 376 g/mol. The van der Waals surface area contributed by atoms with E-state index < -0.39 is 0 Å². The van der Waals surface area contributed by atoms with E-state index in [9.17, 15) is 4.79 Å². The summed E-state index contributed by atoms with van der Waals surface area (Å²) in [7, 11) is 0. The molecule has 0 heterocycles. The Kier molecular flexibility index (Phi) is 13.8. The molecular formula is C24H40O3. The lowest BCUT2D eigenvalue weighted by Gasteiger charge is -2.10. The Morgan fingerprint density at radius 3 is 1.89 bits per heavy atom. The zero-order chi connectivity index (χ0) is 19.7. The number of carbonyl (C=O) groups is 1. The van der Waals surface area contributed by atoms with Crippen molar-refractivity contribution in [3.05, 3.63) is 34.9 Å². The highest BCUT2D eigenvalue weighted by Crippen LogP contribution is 2.16. The number of hydrogen-bond acceptors (Lipinski definition) is 3. The molecule has 0 amide bonds. The zero-order valence-corrected chi connectivity index (χ0v) is 17.9. The molecule has 0 atom stereocenters. The Morgan fingerprint density at radius 2 is 1.30 bits per heavy atom. The van der Waals surface area contributed by atoms with E-state index in [1.807, 2.05) is 12.1 Å². The van der Waals surface area contributed by atoms with E-state index >= 15 is 0 Å². The summed E-state index contributed by atoms with van der Waals surface area (Å²) in [6.07, 6.45) is 12.8. The lowest BCUT2D eigenvalue weighted by atomic mass is 9.99. The van der Waals surface area contributed by atoms with Gasteiger partial charge in [0.2, 0.25) is 0 Å². The first-order valence-electron chi connectivity index (χ1n) is 11.1. The number of esters is 1. The van der Waals surface area contributed by atoms with Crippen molar-refractivity contribution in [2.75, 3.05) is 19.8 Å². The van der Waals surface area contributed by atoms with E-state index in [2.05, 4.69) is 26.8 Å². The van der Waals surface area contributed by atoms with Crippen LogP contribution in [-0.2, 0) is 22.3 Å². The molecule has 154 valence electrons. The smallest absolute Gasteiger partial charge is 0.338 e. The lowest BCUT2D eigenvalue weighted by Crippen LogP contribution is -2.12. The summed E-state index contributed by atoms with van der Waals surface area (Å²) in [5, 5.41) is 0. The van der Waals surface area contributed by atoms with Gasteiger partial charge in [-0.25, -0.2) is 4.79 Å². The Hall–Kier alpha value is -1.35. The Balaban J connectivity index is 2.40. The van der Waals surface area contributed by atoms with Crippen LogP contribution in [0.25, 0.3) is 0 Å². The molecule has 0 bridgehead atoms. The number of unbranched alkanes of at least 4 members (excludes halogenated alkanes) is 6. The quantitative estimate of drug-likeness (QED) is 0.243. The molecule has 1 aromatic rings. The average Bonchev–Trinajstić information content (AvgIpc) is 2.69. The second kappa shape index (κ2) is 15.7. The normalized spacial score (nSPS) is 10.9. The first-order valence-corrected chi connectivity index (χ1v) is 11.1. The van der Waals surface area contributed by atoms with Crippen LogP contribution >= 0.6 is 0 Å². The van der Waals surface area contributed by atoms with E-state index in [-0.39, 0.29) is 5.97 Å². The summed E-state index contributed by atoms with van der Waals surface area (Å²) in [6, 6.07) is 6.26. The van der Waals surface area contributed by atoms with Gasteiger partial charge in [-0.2, -0.15) is 0 Å². The summed E-state index contributed by atoms with van der Waals surface area (Å²) in [4.78, 5) is 12.4. The van der Waals surface area contributed by atoms with Gasteiger partial charge in [-0.3, -0.25) is 0 Å². The number of ether oxygens (including phenoxy) is 2. The van der Waals surface area contributed by atoms with Gasteiger partial charge in [0.15, 0.2) is 0 Å². The van der Waals surface area contributed by atoms with Gasteiger partial charge in [-0.05, 0) is 55.4 Å². The minimum Gasteiger partial charge on any atom is -0.460 e.